The van der Waals surface area contributed by atoms with Crippen LogP contribution in [-0.4, -0.2) is 38.4 Å². The SMILES string of the molecule is CCOC(=O)CC1Sc2nnc(Cc3ccc(Br)cc3)n2N=C1c1ccc(Cl)cc1. The van der Waals surface area contributed by atoms with E-state index in [4.69, 9.17) is 21.4 Å². The number of nitrogens with zero attached hydrogens (tertiary/aromatic N) is 4. The Hall–Kier alpha value is -2.16. The van der Waals surface area contributed by atoms with Crippen LogP contribution in [0.5, 0.6) is 0 Å². The van der Waals surface area contributed by atoms with Gasteiger partial charge < -0.3 is 4.74 Å². The fraction of sp³-hybridized carbons (Fsp3) is 0.238. The highest BCUT2D eigenvalue weighted by atomic mass is 79.9. The van der Waals surface area contributed by atoms with E-state index < -0.39 is 0 Å². The van der Waals surface area contributed by atoms with Gasteiger partial charge in [-0.2, -0.15) is 9.78 Å². The molecule has 0 saturated carbocycles. The summed E-state index contributed by atoms with van der Waals surface area (Å²) in [4.78, 5) is 12.2. The molecule has 30 heavy (non-hydrogen) atoms. The Kier molecular flexibility index (Phi) is 6.55. The minimum Gasteiger partial charge on any atom is -0.466 e. The van der Waals surface area contributed by atoms with E-state index in [-0.39, 0.29) is 17.6 Å². The van der Waals surface area contributed by atoms with Crippen molar-refractivity contribution in [1.82, 2.24) is 14.9 Å². The van der Waals surface area contributed by atoms with E-state index in [1.165, 1.54) is 11.8 Å². The Labute approximate surface area is 191 Å². The lowest BCUT2D eigenvalue weighted by Crippen LogP contribution is -2.28. The number of esters is 1. The van der Waals surface area contributed by atoms with E-state index in [0.29, 0.717) is 23.2 Å². The van der Waals surface area contributed by atoms with Crippen molar-refractivity contribution in [2.45, 2.75) is 30.2 Å². The average molecular weight is 506 g/mol. The molecular weight excluding hydrogens is 488 g/mol. The van der Waals surface area contributed by atoms with Gasteiger partial charge in [0, 0.05) is 15.9 Å². The fourth-order valence-electron chi connectivity index (χ4n) is 3.09. The van der Waals surface area contributed by atoms with Gasteiger partial charge in [0.2, 0.25) is 5.16 Å². The van der Waals surface area contributed by atoms with Crippen LogP contribution in [-0.2, 0) is 16.0 Å². The van der Waals surface area contributed by atoms with Gasteiger partial charge in [-0.05, 0) is 42.3 Å². The first-order chi connectivity index (χ1) is 14.5. The lowest BCUT2D eigenvalue weighted by Gasteiger charge is -2.22. The Morgan fingerprint density at radius 1 is 1.17 bits per heavy atom. The number of fused-ring (bicyclic) bond motifs is 1. The summed E-state index contributed by atoms with van der Waals surface area (Å²) in [5.74, 6) is 0.473. The molecule has 9 heteroatoms. The Bertz CT molecular complexity index is 1080. The monoisotopic (exact) mass is 504 g/mol. The van der Waals surface area contributed by atoms with E-state index in [2.05, 4.69) is 26.1 Å². The number of rotatable bonds is 6. The van der Waals surface area contributed by atoms with Crippen LogP contribution in [0.15, 0.2) is 63.3 Å². The topological polar surface area (TPSA) is 69.4 Å². The zero-order valence-corrected chi connectivity index (χ0v) is 19.2. The van der Waals surface area contributed by atoms with E-state index >= 15 is 0 Å². The number of carbonyl (C=O) groups is 1. The molecule has 1 unspecified atom stereocenters. The third kappa shape index (κ3) is 4.77. The van der Waals surface area contributed by atoms with Gasteiger partial charge in [0.05, 0.1) is 24.0 Å². The first-order valence-electron chi connectivity index (χ1n) is 9.39. The molecule has 0 N–H and O–H groups in total. The third-order valence-corrected chi connectivity index (χ3v) is 6.43. The van der Waals surface area contributed by atoms with Crippen molar-refractivity contribution >= 4 is 51.0 Å². The van der Waals surface area contributed by atoms with Crippen LogP contribution in [0, 0.1) is 0 Å². The summed E-state index contributed by atoms with van der Waals surface area (Å²) in [6.45, 7) is 2.14. The van der Waals surface area contributed by atoms with Crippen molar-refractivity contribution in [3.8, 4) is 0 Å². The van der Waals surface area contributed by atoms with Gasteiger partial charge >= 0.3 is 5.97 Å². The second-order valence-electron chi connectivity index (χ2n) is 6.62. The minimum atomic E-state index is -0.264. The van der Waals surface area contributed by atoms with E-state index in [1.54, 1.807) is 11.6 Å². The van der Waals surface area contributed by atoms with Crippen LogP contribution in [0.2, 0.25) is 5.02 Å². The Balaban J connectivity index is 1.69. The summed E-state index contributed by atoms with van der Waals surface area (Å²) in [5, 5.41) is 14.6. The predicted octanol–water partition coefficient (Wildman–Crippen LogP) is 4.96. The maximum atomic E-state index is 12.2. The highest BCUT2D eigenvalue weighted by molar-refractivity contribution is 9.10. The second-order valence-corrected chi connectivity index (χ2v) is 9.14. The van der Waals surface area contributed by atoms with Gasteiger partial charge in [0.25, 0.3) is 0 Å². The molecule has 1 aliphatic rings. The molecule has 154 valence electrons. The summed E-state index contributed by atoms with van der Waals surface area (Å²) < 4.78 is 7.94. The molecule has 1 atom stereocenters. The summed E-state index contributed by atoms with van der Waals surface area (Å²) in [7, 11) is 0. The lowest BCUT2D eigenvalue weighted by molar-refractivity contribution is -0.142. The number of carbonyl (C=O) groups excluding carboxylic acids is 1. The molecule has 2 aromatic carbocycles. The first kappa shape index (κ1) is 21.1. The summed E-state index contributed by atoms with van der Waals surface area (Å²) in [6.07, 6.45) is 0.801. The molecule has 4 rings (SSSR count). The normalized spacial score (nSPS) is 15.4. The number of hydrogen-bond donors (Lipinski definition) is 0. The van der Waals surface area contributed by atoms with E-state index in [1.807, 2.05) is 48.5 Å². The number of ether oxygens (including phenoxy) is 1. The number of aromatic nitrogens is 3. The largest absolute Gasteiger partial charge is 0.466 e. The van der Waals surface area contributed by atoms with Crippen molar-refractivity contribution in [2.75, 3.05) is 6.61 Å². The molecule has 2 heterocycles. The molecule has 0 saturated heterocycles. The van der Waals surface area contributed by atoms with Crippen molar-refractivity contribution in [2.24, 2.45) is 5.10 Å². The van der Waals surface area contributed by atoms with Crippen molar-refractivity contribution in [1.29, 1.82) is 0 Å². The van der Waals surface area contributed by atoms with Crippen LogP contribution in [0.4, 0.5) is 0 Å². The molecule has 1 aromatic heterocycles. The highest BCUT2D eigenvalue weighted by Gasteiger charge is 2.31. The van der Waals surface area contributed by atoms with Gasteiger partial charge in [-0.1, -0.05) is 63.6 Å². The lowest BCUT2D eigenvalue weighted by atomic mass is 10.1. The molecule has 1 aliphatic heterocycles. The van der Waals surface area contributed by atoms with E-state index in [9.17, 15) is 4.79 Å². The van der Waals surface area contributed by atoms with Gasteiger partial charge in [-0.3, -0.25) is 4.79 Å². The molecule has 3 aromatic rings. The maximum Gasteiger partial charge on any atom is 0.307 e. The van der Waals surface area contributed by atoms with Gasteiger partial charge in [0.1, 0.15) is 0 Å². The molecule has 0 aliphatic carbocycles. The van der Waals surface area contributed by atoms with Crippen LogP contribution in [0.3, 0.4) is 0 Å². The van der Waals surface area contributed by atoms with E-state index in [0.717, 1.165) is 27.1 Å². The van der Waals surface area contributed by atoms with Crippen molar-refractivity contribution < 1.29 is 9.53 Å². The highest BCUT2D eigenvalue weighted by Crippen LogP contribution is 2.33. The zero-order chi connectivity index (χ0) is 21.1. The average Bonchev–Trinajstić information content (AvgIpc) is 3.11. The molecule has 0 bridgehead atoms. The van der Waals surface area contributed by atoms with Gasteiger partial charge in [-0.25, -0.2) is 0 Å². The second kappa shape index (κ2) is 9.32. The fourth-order valence-corrected chi connectivity index (χ4v) is 4.59. The number of hydrogen-bond acceptors (Lipinski definition) is 6. The molecule has 0 amide bonds. The molecular formula is C21H18BrClN4O2S. The zero-order valence-electron chi connectivity index (χ0n) is 16.1. The maximum absolute atomic E-state index is 12.2. The predicted molar refractivity (Wildman–Crippen MR) is 121 cm³/mol. The first-order valence-corrected chi connectivity index (χ1v) is 11.4. The standard InChI is InChI=1S/C21H18BrClN4O2S/c1-2-29-19(28)12-17-20(14-5-9-16(23)10-6-14)26-27-18(24-25-21(27)30-17)11-13-3-7-15(22)8-4-13/h3-10,17H,2,11-12H2,1H3. The van der Waals surface area contributed by atoms with Crippen molar-refractivity contribution in [3.63, 3.8) is 0 Å². The number of benzene rings is 2. The Morgan fingerprint density at radius 3 is 2.60 bits per heavy atom. The number of thioether (sulfide) groups is 1. The summed E-state index contributed by atoms with van der Waals surface area (Å²) in [5.41, 5.74) is 2.78. The summed E-state index contributed by atoms with van der Waals surface area (Å²) in [6, 6.07) is 15.5. The molecule has 0 spiro atoms. The van der Waals surface area contributed by atoms with Gasteiger partial charge in [-0.15, -0.1) is 10.2 Å². The summed E-state index contributed by atoms with van der Waals surface area (Å²) >= 11 is 11.0. The number of halogens is 2. The third-order valence-electron chi connectivity index (χ3n) is 4.51. The van der Waals surface area contributed by atoms with Crippen LogP contribution >= 0.6 is 39.3 Å². The quantitative estimate of drug-likeness (QED) is 0.443. The minimum absolute atomic E-state index is 0.203. The molecule has 0 fully saturated rings. The Morgan fingerprint density at radius 2 is 1.90 bits per heavy atom. The molecule has 6 nitrogen and oxygen atoms in total. The van der Waals surface area contributed by atoms with Crippen LogP contribution in [0.25, 0.3) is 0 Å². The molecule has 0 radical (unpaired) electrons. The van der Waals surface area contributed by atoms with Crippen LogP contribution < -0.4 is 0 Å². The van der Waals surface area contributed by atoms with Crippen LogP contribution in [0.1, 0.15) is 30.3 Å². The van der Waals surface area contributed by atoms with Gasteiger partial charge in [0.15, 0.2) is 5.82 Å². The van der Waals surface area contributed by atoms with Crippen molar-refractivity contribution in [3.05, 3.63) is 75.0 Å². The smallest absolute Gasteiger partial charge is 0.307 e.